The molecule has 0 radical (unpaired) electrons. The van der Waals surface area contributed by atoms with E-state index in [0.717, 1.165) is 6.07 Å². The van der Waals surface area contributed by atoms with Gasteiger partial charge in [0.1, 0.15) is 17.7 Å². The minimum Gasteiger partial charge on any atom is -0.330 e. The molecule has 0 amide bonds. The maximum Gasteiger partial charge on any atom is 0.182 e. The average molecular weight is 287 g/mol. The second-order valence-electron chi connectivity index (χ2n) is 4.20. The fourth-order valence-electron chi connectivity index (χ4n) is 2.11. The fourth-order valence-corrected chi connectivity index (χ4v) is 2.41. The number of halogens is 2. The third-order valence-corrected chi connectivity index (χ3v) is 3.25. The lowest BCUT2D eigenvalue weighted by atomic mass is 10.2. The van der Waals surface area contributed by atoms with Crippen molar-refractivity contribution in [1.82, 2.24) is 9.55 Å². The fraction of sp³-hybridized carbons (Fsp3) is 0. The van der Waals surface area contributed by atoms with E-state index in [-0.39, 0.29) is 5.56 Å². The minimum absolute atomic E-state index is 0.131. The Hall–Kier alpha value is -2.52. The third kappa shape index (κ3) is 1.89. The van der Waals surface area contributed by atoms with E-state index in [0.29, 0.717) is 21.5 Å². The number of hydrogen-bond donors (Lipinski definition) is 1. The molecule has 0 fully saturated rings. The van der Waals surface area contributed by atoms with Crippen LogP contribution in [0.2, 0.25) is 0 Å². The monoisotopic (exact) mass is 287 g/mol. The van der Waals surface area contributed by atoms with Gasteiger partial charge in [-0.25, -0.2) is 8.78 Å². The van der Waals surface area contributed by atoms with Gasteiger partial charge in [0.05, 0.1) is 22.3 Å². The van der Waals surface area contributed by atoms with Crippen LogP contribution < -0.4 is 0 Å². The smallest absolute Gasteiger partial charge is 0.182 e. The summed E-state index contributed by atoms with van der Waals surface area (Å²) in [4.78, 5) is 2.93. The molecule has 0 saturated heterocycles. The zero-order valence-electron chi connectivity index (χ0n) is 10.0. The summed E-state index contributed by atoms with van der Waals surface area (Å²) in [7, 11) is 0. The van der Waals surface area contributed by atoms with Gasteiger partial charge in [0, 0.05) is 6.07 Å². The van der Waals surface area contributed by atoms with E-state index < -0.39 is 11.6 Å². The first-order chi connectivity index (χ1) is 9.60. The van der Waals surface area contributed by atoms with Gasteiger partial charge in [0.25, 0.3) is 0 Å². The van der Waals surface area contributed by atoms with Gasteiger partial charge in [0.15, 0.2) is 4.77 Å². The minimum atomic E-state index is -0.511. The molecule has 1 heterocycles. The quantitative estimate of drug-likeness (QED) is 0.691. The number of fused-ring (bicyclic) bond motifs is 1. The van der Waals surface area contributed by atoms with Gasteiger partial charge in [-0.15, -0.1) is 0 Å². The van der Waals surface area contributed by atoms with Crippen LogP contribution in [0.25, 0.3) is 16.7 Å². The van der Waals surface area contributed by atoms with Gasteiger partial charge in [-0.2, -0.15) is 5.26 Å². The van der Waals surface area contributed by atoms with Crippen molar-refractivity contribution in [2.24, 2.45) is 0 Å². The highest BCUT2D eigenvalue weighted by Gasteiger charge is 2.12. The van der Waals surface area contributed by atoms with Crippen LogP contribution in [-0.2, 0) is 0 Å². The second kappa shape index (κ2) is 4.54. The van der Waals surface area contributed by atoms with E-state index >= 15 is 0 Å². The average Bonchev–Trinajstić information content (AvgIpc) is 2.74. The summed E-state index contributed by atoms with van der Waals surface area (Å²) in [6.45, 7) is 0. The number of nitrogens with zero attached hydrogens (tertiary/aromatic N) is 2. The van der Waals surface area contributed by atoms with Gasteiger partial charge in [-0.1, -0.05) is 0 Å². The van der Waals surface area contributed by atoms with Gasteiger partial charge < -0.3 is 4.98 Å². The summed E-state index contributed by atoms with van der Waals surface area (Å²) < 4.78 is 28.4. The Morgan fingerprint density at radius 2 is 1.80 bits per heavy atom. The second-order valence-corrected chi connectivity index (χ2v) is 4.59. The first-order valence-corrected chi connectivity index (χ1v) is 6.11. The van der Waals surface area contributed by atoms with E-state index in [2.05, 4.69) is 4.98 Å². The Morgan fingerprint density at radius 3 is 2.55 bits per heavy atom. The molecule has 6 heteroatoms. The van der Waals surface area contributed by atoms with E-state index in [1.807, 2.05) is 6.07 Å². The highest BCUT2D eigenvalue weighted by Crippen LogP contribution is 2.23. The summed E-state index contributed by atoms with van der Waals surface area (Å²) in [6.07, 6.45) is 0. The molecular formula is C14H7F2N3S. The maximum absolute atomic E-state index is 13.4. The lowest BCUT2D eigenvalue weighted by Crippen LogP contribution is -1.98. The normalized spacial score (nSPS) is 10.7. The molecule has 3 nitrogen and oxygen atoms in total. The lowest BCUT2D eigenvalue weighted by molar-refractivity contribution is 0.626. The van der Waals surface area contributed by atoms with E-state index in [4.69, 9.17) is 17.5 Å². The molecule has 2 aromatic carbocycles. The number of benzene rings is 2. The van der Waals surface area contributed by atoms with Gasteiger partial charge in [-0.05, 0) is 42.5 Å². The number of aromatic nitrogens is 2. The number of rotatable bonds is 1. The van der Waals surface area contributed by atoms with Gasteiger partial charge in [0.2, 0.25) is 0 Å². The first kappa shape index (κ1) is 12.5. The first-order valence-electron chi connectivity index (χ1n) is 5.70. The molecule has 0 atom stereocenters. The number of nitriles is 1. The van der Waals surface area contributed by atoms with Crippen molar-refractivity contribution >= 4 is 23.3 Å². The van der Waals surface area contributed by atoms with Crippen LogP contribution in [-0.4, -0.2) is 9.55 Å². The molecule has 1 aromatic heterocycles. The summed E-state index contributed by atoms with van der Waals surface area (Å²) in [5.74, 6) is -0.927. The van der Waals surface area contributed by atoms with Crippen LogP contribution in [0.3, 0.4) is 0 Å². The van der Waals surface area contributed by atoms with Crippen LogP contribution in [0.5, 0.6) is 0 Å². The van der Waals surface area contributed by atoms with Crippen molar-refractivity contribution in [2.45, 2.75) is 0 Å². The number of hydrogen-bond acceptors (Lipinski definition) is 2. The lowest BCUT2D eigenvalue weighted by Gasteiger charge is -2.06. The number of imidazole rings is 1. The Kier molecular flexibility index (Phi) is 2.84. The summed E-state index contributed by atoms with van der Waals surface area (Å²) in [5.41, 5.74) is 1.68. The molecule has 0 bridgehead atoms. The van der Waals surface area contributed by atoms with Crippen molar-refractivity contribution in [3.63, 3.8) is 0 Å². The van der Waals surface area contributed by atoms with Crippen molar-refractivity contribution in [3.8, 4) is 11.8 Å². The predicted molar refractivity (Wildman–Crippen MR) is 73.1 cm³/mol. The number of aromatic amines is 1. The standard InChI is InChI=1S/C14H7F2N3S/c15-9-2-4-12(8(5-9)7-17)19-13-6-10(16)1-3-11(13)18-14(19)20/h1-6H,(H,18,20). The summed E-state index contributed by atoms with van der Waals surface area (Å²) >= 11 is 5.20. The molecule has 3 aromatic rings. The molecule has 0 aliphatic carbocycles. The largest absolute Gasteiger partial charge is 0.330 e. The Morgan fingerprint density at radius 1 is 1.10 bits per heavy atom. The zero-order chi connectivity index (χ0) is 14.3. The highest BCUT2D eigenvalue weighted by atomic mass is 32.1. The molecule has 0 aliphatic heterocycles. The van der Waals surface area contributed by atoms with E-state index in [9.17, 15) is 8.78 Å². The van der Waals surface area contributed by atoms with Gasteiger partial charge in [-0.3, -0.25) is 4.57 Å². The Balaban J connectivity index is 2.41. The Bertz CT molecular complexity index is 918. The number of nitrogens with one attached hydrogen (secondary N) is 1. The highest BCUT2D eigenvalue weighted by molar-refractivity contribution is 7.71. The van der Waals surface area contributed by atoms with Crippen molar-refractivity contribution in [2.75, 3.05) is 0 Å². The third-order valence-electron chi connectivity index (χ3n) is 2.97. The number of H-pyrrole nitrogens is 1. The van der Waals surface area contributed by atoms with E-state index in [1.165, 1.54) is 28.8 Å². The summed E-state index contributed by atoms with van der Waals surface area (Å²) in [5, 5.41) is 9.11. The molecule has 0 aliphatic rings. The molecule has 1 N–H and O–H groups in total. The van der Waals surface area contributed by atoms with Crippen LogP contribution in [0, 0.1) is 27.7 Å². The van der Waals surface area contributed by atoms with Crippen LogP contribution in [0.15, 0.2) is 36.4 Å². The van der Waals surface area contributed by atoms with Crippen molar-refractivity contribution < 1.29 is 8.78 Å². The van der Waals surface area contributed by atoms with Gasteiger partial charge >= 0.3 is 0 Å². The molecule has 20 heavy (non-hydrogen) atoms. The topological polar surface area (TPSA) is 44.5 Å². The molecular weight excluding hydrogens is 280 g/mol. The SMILES string of the molecule is N#Cc1cc(F)ccc1-n1c(=S)[nH]c2ccc(F)cc21. The Labute approximate surface area is 117 Å². The molecule has 0 spiro atoms. The predicted octanol–water partition coefficient (Wildman–Crippen LogP) is 3.84. The molecule has 98 valence electrons. The van der Waals surface area contributed by atoms with Crippen molar-refractivity contribution in [1.29, 1.82) is 5.26 Å². The summed E-state index contributed by atoms with van der Waals surface area (Å²) in [6, 6.07) is 9.90. The molecule has 0 saturated carbocycles. The van der Waals surface area contributed by atoms with Crippen LogP contribution in [0.1, 0.15) is 5.56 Å². The van der Waals surface area contributed by atoms with Crippen molar-refractivity contribution in [3.05, 3.63) is 58.4 Å². The van der Waals surface area contributed by atoms with Crippen LogP contribution >= 0.6 is 12.2 Å². The van der Waals surface area contributed by atoms with E-state index in [1.54, 1.807) is 6.07 Å². The molecule has 0 unspecified atom stereocenters. The zero-order valence-corrected chi connectivity index (χ0v) is 10.8. The molecule has 3 rings (SSSR count). The maximum atomic E-state index is 13.4. The van der Waals surface area contributed by atoms with Crippen LogP contribution in [0.4, 0.5) is 8.78 Å².